The topological polar surface area (TPSA) is 39.9 Å². The van der Waals surface area contributed by atoms with Gasteiger partial charge in [-0.05, 0) is 18.6 Å². The summed E-state index contributed by atoms with van der Waals surface area (Å²) in [6, 6.07) is 16.8. The monoisotopic (exact) mass is 663 g/mol. The number of hydrogen-bond acceptors (Lipinski definition) is 3. The molecule has 1 aliphatic rings. The van der Waals surface area contributed by atoms with Crippen molar-refractivity contribution in [3.8, 4) is 23.6 Å². The maximum absolute atomic E-state index is 5.63. The fourth-order valence-corrected chi connectivity index (χ4v) is 22.0. The van der Waals surface area contributed by atoms with Gasteiger partial charge in [-0.3, -0.25) is 0 Å². The molecule has 2 aromatic carbocycles. The third-order valence-corrected chi connectivity index (χ3v) is 23.8. The first-order chi connectivity index (χ1) is 20.0. The van der Waals surface area contributed by atoms with Crippen LogP contribution in [0.3, 0.4) is 0 Å². The number of aryl methyl sites for hydroxylation is 2. The molecule has 2 heterocycles. The molecule has 3 aromatic rings. The van der Waals surface area contributed by atoms with Gasteiger partial charge in [-0.2, -0.15) is 0 Å². The van der Waals surface area contributed by atoms with Crippen LogP contribution in [-0.2, 0) is 11.3 Å². The Labute approximate surface area is 254 Å². The Morgan fingerprint density at radius 2 is 1.41 bits per heavy atom. The van der Waals surface area contributed by atoms with Gasteiger partial charge < -0.3 is 0 Å². The molecule has 4 nitrogen and oxygen atoms in total. The van der Waals surface area contributed by atoms with E-state index in [-0.39, 0.29) is 0 Å². The minimum atomic E-state index is -2.71. The summed E-state index contributed by atoms with van der Waals surface area (Å²) < 4.78 is 13.7. The summed E-state index contributed by atoms with van der Waals surface area (Å²) in [6.07, 6.45) is 15.4. The molecular weight excluding hydrogens is 609 g/mol. The van der Waals surface area contributed by atoms with Crippen LogP contribution in [0.2, 0.25) is 13.3 Å². The van der Waals surface area contributed by atoms with Gasteiger partial charge in [0.1, 0.15) is 0 Å². The van der Waals surface area contributed by atoms with Gasteiger partial charge in [0.15, 0.2) is 0 Å². The van der Waals surface area contributed by atoms with Crippen molar-refractivity contribution >= 4 is 22.1 Å². The summed E-state index contributed by atoms with van der Waals surface area (Å²) in [6.45, 7) is 14.1. The third-order valence-electron chi connectivity index (χ3n) is 8.74. The summed E-state index contributed by atoms with van der Waals surface area (Å²) in [5.74, 6) is 3.24. The molecule has 1 aromatic heterocycles. The Kier molecular flexibility index (Phi) is 14.5. The molecule has 1 aliphatic heterocycles. The van der Waals surface area contributed by atoms with Gasteiger partial charge in [0.25, 0.3) is 0 Å². The molecule has 0 aliphatic carbocycles. The number of ether oxygens (including phenoxy) is 1. The summed E-state index contributed by atoms with van der Waals surface area (Å²) in [4.78, 5) is 0. The minimum absolute atomic E-state index is 0.646. The molecule has 1 saturated heterocycles. The third kappa shape index (κ3) is 9.45. The van der Waals surface area contributed by atoms with E-state index in [0.29, 0.717) is 5.92 Å². The number of unbranched alkanes of at least 4 members (excludes halogenated alkanes) is 3. The van der Waals surface area contributed by atoms with Crippen molar-refractivity contribution in [2.75, 3.05) is 13.2 Å². The Morgan fingerprint density at radius 3 is 1.93 bits per heavy atom. The van der Waals surface area contributed by atoms with Crippen molar-refractivity contribution in [1.29, 1.82) is 0 Å². The van der Waals surface area contributed by atoms with Crippen molar-refractivity contribution in [2.45, 2.75) is 106 Å². The molecule has 5 heteroatoms. The Balaban J connectivity index is 0.000000436. The SMILES string of the molecule is C#Cc1ccccc1C.CCC[CH2][Sn]([CH2]CCC)([CH2]CCC)[c]1nnn(CC2CCOCC2)c1-c1ccccc1C. The average molecular weight is 663 g/mol. The molecule has 0 amide bonds. The van der Waals surface area contributed by atoms with Crippen molar-refractivity contribution in [2.24, 2.45) is 5.92 Å². The summed E-state index contributed by atoms with van der Waals surface area (Å²) in [7, 11) is 0. The molecule has 41 heavy (non-hydrogen) atoms. The quantitative estimate of drug-likeness (QED) is 0.136. The normalized spacial score (nSPS) is 13.9. The average Bonchev–Trinajstić information content (AvgIpc) is 3.42. The van der Waals surface area contributed by atoms with Crippen molar-refractivity contribution < 1.29 is 4.74 Å². The zero-order valence-corrected chi connectivity index (χ0v) is 29.3. The van der Waals surface area contributed by atoms with Gasteiger partial charge in [0.2, 0.25) is 0 Å². The summed E-state index contributed by atoms with van der Waals surface area (Å²) in [5.41, 5.74) is 6.25. The van der Waals surface area contributed by atoms with E-state index in [2.05, 4.69) is 62.6 Å². The second kappa shape index (κ2) is 17.8. The Bertz CT molecular complexity index is 1200. The molecule has 0 N–H and O–H groups in total. The van der Waals surface area contributed by atoms with E-state index in [1.165, 1.54) is 77.9 Å². The van der Waals surface area contributed by atoms with Gasteiger partial charge in [0.05, 0.1) is 0 Å². The van der Waals surface area contributed by atoms with Crippen molar-refractivity contribution in [3.05, 3.63) is 65.2 Å². The Hall–Kier alpha value is -2.10. The van der Waals surface area contributed by atoms with Crippen LogP contribution in [-0.4, -0.2) is 46.6 Å². The molecule has 0 unspecified atom stereocenters. The molecule has 0 saturated carbocycles. The fraction of sp³-hybridized carbons (Fsp3) is 0.556. The molecule has 1 fully saturated rings. The van der Waals surface area contributed by atoms with Gasteiger partial charge in [-0.15, -0.1) is 6.42 Å². The number of benzene rings is 2. The van der Waals surface area contributed by atoms with Crippen LogP contribution in [0, 0.1) is 32.1 Å². The molecule has 0 spiro atoms. The van der Waals surface area contributed by atoms with Crippen molar-refractivity contribution in [1.82, 2.24) is 15.0 Å². The standard InChI is InChI=1S/C15H18N3O.C9H8.3C4H9.Sn/c1-12-4-2-3-5-14(12)15-10-16-17-18(15)11-13-6-8-19-9-7-13;1-3-9-7-5-4-6-8(9)2;3*1-3-4-2;/h2-5,13H,6-9,11H2,1H3;1,4-7H,2H3;3*1,3-4H2,2H3;. The molecule has 0 atom stereocenters. The molecule has 0 radical (unpaired) electrons. The molecule has 0 bridgehead atoms. The van der Waals surface area contributed by atoms with Crippen LogP contribution in [0.15, 0.2) is 48.5 Å². The van der Waals surface area contributed by atoms with Crippen LogP contribution in [0.1, 0.15) is 88.8 Å². The van der Waals surface area contributed by atoms with Crippen LogP contribution in [0.5, 0.6) is 0 Å². The second-order valence-electron chi connectivity index (χ2n) is 11.9. The summed E-state index contributed by atoms with van der Waals surface area (Å²) >= 11 is -2.71. The van der Waals surface area contributed by atoms with Gasteiger partial charge in [-0.25, -0.2) is 0 Å². The molecule has 4 rings (SSSR count). The van der Waals surface area contributed by atoms with Crippen LogP contribution < -0.4 is 3.71 Å². The Morgan fingerprint density at radius 1 is 0.854 bits per heavy atom. The van der Waals surface area contributed by atoms with Gasteiger partial charge >= 0.3 is 201 Å². The molecular formula is C36H53N3OSn. The van der Waals surface area contributed by atoms with Crippen LogP contribution >= 0.6 is 0 Å². The number of hydrogen-bond donors (Lipinski definition) is 0. The first kappa shape index (κ1) is 33.4. The molecule has 222 valence electrons. The van der Waals surface area contributed by atoms with Crippen LogP contribution in [0.4, 0.5) is 0 Å². The predicted octanol–water partition coefficient (Wildman–Crippen LogP) is 8.71. The van der Waals surface area contributed by atoms with Gasteiger partial charge in [-0.1, -0.05) is 24.1 Å². The van der Waals surface area contributed by atoms with E-state index in [9.17, 15) is 0 Å². The first-order valence-corrected chi connectivity index (χ1v) is 23.6. The first-order valence-electron chi connectivity index (χ1n) is 16.1. The van der Waals surface area contributed by atoms with Crippen LogP contribution in [0.25, 0.3) is 11.3 Å². The zero-order valence-electron chi connectivity index (χ0n) is 26.4. The van der Waals surface area contributed by atoms with E-state index in [4.69, 9.17) is 21.5 Å². The van der Waals surface area contributed by atoms with E-state index >= 15 is 0 Å². The fourth-order valence-electron chi connectivity index (χ4n) is 6.09. The van der Waals surface area contributed by atoms with Crippen molar-refractivity contribution in [3.63, 3.8) is 0 Å². The maximum atomic E-state index is 5.63. The van der Waals surface area contributed by atoms with E-state index in [1.54, 1.807) is 0 Å². The van der Waals surface area contributed by atoms with E-state index in [1.807, 2.05) is 31.2 Å². The van der Waals surface area contributed by atoms with Gasteiger partial charge in [0, 0.05) is 5.56 Å². The number of nitrogens with zero attached hydrogens (tertiary/aromatic N) is 3. The number of terminal acetylenes is 1. The number of rotatable bonds is 13. The summed E-state index contributed by atoms with van der Waals surface area (Å²) in [5, 5.41) is 10.0. The van der Waals surface area contributed by atoms with E-state index in [0.717, 1.165) is 38.2 Å². The second-order valence-corrected chi connectivity index (χ2v) is 24.8. The zero-order chi connectivity index (χ0) is 29.5. The predicted molar refractivity (Wildman–Crippen MR) is 177 cm³/mol. The number of aromatic nitrogens is 3. The van der Waals surface area contributed by atoms with E-state index < -0.39 is 18.4 Å².